The largest absolute Gasteiger partial charge is 0.326 e. The number of hydrogen-bond donors (Lipinski definition) is 1. The summed E-state index contributed by atoms with van der Waals surface area (Å²) in [5.41, 5.74) is 7.00. The van der Waals surface area contributed by atoms with Crippen molar-refractivity contribution in [1.29, 1.82) is 0 Å². The van der Waals surface area contributed by atoms with Gasteiger partial charge < -0.3 is 5.73 Å². The number of hydrogen-bond acceptors (Lipinski definition) is 3. The normalized spacial score (nSPS) is 22.3. The zero-order valence-corrected chi connectivity index (χ0v) is 10.9. The molecule has 19 heavy (non-hydrogen) atoms. The molecule has 2 unspecified atom stereocenters. The van der Waals surface area contributed by atoms with E-state index < -0.39 is 0 Å². The van der Waals surface area contributed by atoms with Crippen LogP contribution in [0.15, 0.2) is 24.3 Å². The van der Waals surface area contributed by atoms with E-state index in [1.54, 1.807) is 12.1 Å². The lowest BCUT2D eigenvalue weighted by Crippen LogP contribution is -2.34. The Balaban J connectivity index is 1.83. The fourth-order valence-corrected chi connectivity index (χ4v) is 2.62. The molecule has 1 aromatic heterocycles. The average Bonchev–Trinajstić information content (AvgIpc) is 2.75. The second-order valence-electron chi connectivity index (χ2n) is 5.27. The third-order valence-corrected chi connectivity index (χ3v) is 3.52. The van der Waals surface area contributed by atoms with E-state index in [0.717, 1.165) is 30.2 Å². The second-order valence-corrected chi connectivity index (χ2v) is 5.27. The summed E-state index contributed by atoms with van der Waals surface area (Å²) in [6.07, 6.45) is 1.58. The van der Waals surface area contributed by atoms with Crippen molar-refractivity contribution in [2.24, 2.45) is 5.73 Å². The van der Waals surface area contributed by atoms with E-state index in [4.69, 9.17) is 5.73 Å². The molecule has 0 saturated heterocycles. The van der Waals surface area contributed by atoms with Crippen molar-refractivity contribution in [2.45, 2.75) is 38.3 Å². The van der Waals surface area contributed by atoms with Crippen LogP contribution in [-0.2, 0) is 13.0 Å². The van der Waals surface area contributed by atoms with Gasteiger partial charge in [-0.3, -0.25) is 0 Å². The molecule has 2 aromatic rings. The van der Waals surface area contributed by atoms with Crippen LogP contribution in [-0.4, -0.2) is 20.8 Å². The molecule has 0 radical (unpaired) electrons. The summed E-state index contributed by atoms with van der Waals surface area (Å²) < 4.78 is 14.8. The van der Waals surface area contributed by atoms with Gasteiger partial charge in [0.1, 0.15) is 11.6 Å². The van der Waals surface area contributed by atoms with E-state index in [1.807, 2.05) is 4.68 Å². The topological polar surface area (TPSA) is 56.7 Å². The van der Waals surface area contributed by atoms with Crippen molar-refractivity contribution >= 4 is 0 Å². The molecular formula is C14H17FN4. The van der Waals surface area contributed by atoms with Crippen LogP contribution < -0.4 is 5.73 Å². The Bertz CT molecular complexity index is 576. The smallest absolute Gasteiger partial charge is 0.155 e. The lowest BCUT2D eigenvalue weighted by atomic mass is 9.98. The van der Waals surface area contributed by atoms with Crippen molar-refractivity contribution < 1.29 is 4.39 Å². The number of fused-ring (bicyclic) bond motifs is 1. The molecule has 0 saturated carbocycles. The van der Waals surface area contributed by atoms with Gasteiger partial charge in [0, 0.05) is 18.4 Å². The predicted molar refractivity (Wildman–Crippen MR) is 70.2 cm³/mol. The number of rotatable bonds is 2. The zero-order valence-electron chi connectivity index (χ0n) is 10.9. The average molecular weight is 260 g/mol. The van der Waals surface area contributed by atoms with Gasteiger partial charge in [-0.15, -0.1) is 0 Å². The molecule has 4 nitrogen and oxygen atoms in total. The molecular weight excluding hydrogens is 243 g/mol. The summed E-state index contributed by atoms with van der Waals surface area (Å²) in [6, 6.07) is 6.62. The fourth-order valence-electron chi connectivity index (χ4n) is 2.62. The summed E-state index contributed by atoms with van der Waals surface area (Å²) in [6.45, 7) is 2.86. The minimum Gasteiger partial charge on any atom is -0.326 e. The molecule has 0 aliphatic carbocycles. The summed E-state index contributed by atoms with van der Waals surface area (Å²) in [5.74, 6) is 1.92. The quantitative estimate of drug-likeness (QED) is 0.896. The fraction of sp³-hybridized carbons (Fsp3) is 0.429. The monoisotopic (exact) mass is 260 g/mol. The van der Waals surface area contributed by atoms with Gasteiger partial charge in [-0.1, -0.05) is 19.1 Å². The van der Waals surface area contributed by atoms with Crippen molar-refractivity contribution in [2.75, 3.05) is 0 Å². The molecule has 1 aliphatic heterocycles. The Labute approximate surface area is 111 Å². The third-order valence-electron chi connectivity index (χ3n) is 3.52. The Morgan fingerprint density at radius 3 is 2.84 bits per heavy atom. The molecule has 2 N–H and O–H groups in total. The molecule has 5 heteroatoms. The molecule has 3 rings (SSSR count). The molecule has 1 aliphatic rings. The second kappa shape index (κ2) is 4.74. The van der Waals surface area contributed by atoms with Gasteiger partial charge in [0.2, 0.25) is 0 Å². The van der Waals surface area contributed by atoms with Gasteiger partial charge in [-0.05, 0) is 24.1 Å². The number of benzene rings is 1. The SMILES string of the molecule is CC1CC(N)Cn2nc(Cc3ccc(F)cc3)nc21. The molecule has 2 atom stereocenters. The van der Waals surface area contributed by atoms with Crippen LogP contribution in [0.5, 0.6) is 0 Å². The summed E-state index contributed by atoms with van der Waals surface area (Å²) >= 11 is 0. The third kappa shape index (κ3) is 2.51. The summed E-state index contributed by atoms with van der Waals surface area (Å²) in [5, 5.41) is 4.50. The highest BCUT2D eigenvalue weighted by molar-refractivity contribution is 5.20. The van der Waals surface area contributed by atoms with Crippen LogP contribution >= 0.6 is 0 Å². The number of halogens is 1. The van der Waals surface area contributed by atoms with Crippen LogP contribution in [0.2, 0.25) is 0 Å². The Morgan fingerprint density at radius 1 is 1.37 bits per heavy atom. The van der Waals surface area contributed by atoms with Crippen molar-refractivity contribution in [1.82, 2.24) is 14.8 Å². The van der Waals surface area contributed by atoms with Crippen LogP contribution in [0.3, 0.4) is 0 Å². The van der Waals surface area contributed by atoms with Crippen molar-refractivity contribution in [3.63, 3.8) is 0 Å². The minimum absolute atomic E-state index is 0.155. The maximum Gasteiger partial charge on any atom is 0.155 e. The first-order chi connectivity index (χ1) is 9.11. The van der Waals surface area contributed by atoms with E-state index in [-0.39, 0.29) is 11.9 Å². The molecule has 1 aromatic carbocycles. The molecule has 2 heterocycles. The van der Waals surface area contributed by atoms with Crippen LogP contribution in [0.25, 0.3) is 0 Å². The van der Waals surface area contributed by atoms with Crippen LogP contribution in [0.4, 0.5) is 4.39 Å². The van der Waals surface area contributed by atoms with Gasteiger partial charge in [-0.25, -0.2) is 14.1 Å². The number of nitrogens with two attached hydrogens (primary N) is 1. The molecule has 0 bridgehead atoms. The molecule has 0 fully saturated rings. The lowest BCUT2D eigenvalue weighted by molar-refractivity contribution is 0.381. The molecule has 0 amide bonds. The summed E-state index contributed by atoms with van der Waals surface area (Å²) in [4.78, 5) is 4.59. The summed E-state index contributed by atoms with van der Waals surface area (Å²) in [7, 11) is 0. The van der Waals surface area contributed by atoms with Gasteiger partial charge in [0.25, 0.3) is 0 Å². The highest BCUT2D eigenvalue weighted by atomic mass is 19.1. The van der Waals surface area contributed by atoms with Gasteiger partial charge in [0.15, 0.2) is 5.82 Å². The van der Waals surface area contributed by atoms with E-state index in [0.29, 0.717) is 12.3 Å². The van der Waals surface area contributed by atoms with Crippen molar-refractivity contribution in [3.05, 3.63) is 47.3 Å². The van der Waals surface area contributed by atoms with Crippen molar-refractivity contribution in [3.8, 4) is 0 Å². The van der Waals surface area contributed by atoms with E-state index in [2.05, 4.69) is 17.0 Å². The van der Waals surface area contributed by atoms with Gasteiger partial charge in [0.05, 0.1) is 6.54 Å². The Hall–Kier alpha value is -1.75. The molecule has 0 spiro atoms. The molecule has 100 valence electrons. The predicted octanol–water partition coefficient (Wildman–Crippen LogP) is 1.84. The van der Waals surface area contributed by atoms with Crippen LogP contribution in [0, 0.1) is 5.82 Å². The van der Waals surface area contributed by atoms with E-state index >= 15 is 0 Å². The maximum atomic E-state index is 12.9. The minimum atomic E-state index is -0.222. The zero-order chi connectivity index (χ0) is 13.4. The first-order valence-electron chi connectivity index (χ1n) is 6.55. The van der Waals surface area contributed by atoms with Gasteiger partial charge in [-0.2, -0.15) is 5.10 Å². The lowest BCUT2D eigenvalue weighted by Gasteiger charge is -2.23. The van der Waals surface area contributed by atoms with E-state index in [9.17, 15) is 4.39 Å². The Kier molecular flexibility index (Phi) is 3.06. The standard InChI is InChI=1S/C14H17FN4/c1-9-6-12(16)8-19-14(9)17-13(18-19)7-10-2-4-11(15)5-3-10/h2-5,9,12H,6-8,16H2,1H3. The van der Waals surface area contributed by atoms with E-state index in [1.165, 1.54) is 12.1 Å². The van der Waals surface area contributed by atoms with Gasteiger partial charge >= 0.3 is 0 Å². The maximum absolute atomic E-state index is 12.9. The number of aromatic nitrogens is 3. The number of nitrogens with zero attached hydrogens (tertiary/aromatic N) is 3. The highest BCUT2D eigenvalue weighted by Crippen LogP contribution is 2.24. The Morgan fingerprint density at radius 2 is 2.11 bits per heavy atom. The first kappa shape index (κ1) is 12.3. The first-order valence-corrected chi connectivity index (χ1v) is 6.55. The highest BCUT2D eigenvalue weighted by Gasteiger charge is 2.25. The van der Waals surface area contributed by atoms with Crippen LogP contribution in [0.1, 0.15) is 36.5 Å².